The van der Waals surface area contributed by atoms with Gasteiger partial charge in [-0.2, -0.15) is 0 Å². The van der Waals surface area contributed by atoms with Crippen molar-refractivity contribution in [3.63, 3.8) is 0 Å². The van der Waals surface area contributed by atoms with Crippen molar-refractivity contribution in [3.05, 3.63) is 44.7 Å². The Kier molecular flexibility index (Phi) is 4.26. The highest BCUT2D eigenvalue weighted by Gasteiger charge is 2.15. The molecule has 0 unspecified atom stereocenters. The van der Waals surface area contributed by atoms with Crippen molar-refractivity contribution in [2.45, 2.75) is 11.8 Å². The van der Waals surface area contributed by atoms with E-state index in [9.17, 15) is 8.42 Å². The van der Waals surface area contributed by atoms with Crippen LogP contribution >= 0.6 is 34.2 Å². The largest absolute Gasteiger partial charge is 0.264 e. The third kappa shape index (κ3) is 3.77. The standard InChI is InChI=1S/C11H9ClIN3O2S/c1-7-6-10(12)15-11(14-7)16-19(17,18)9-4-2-8(13)3-5-9/h2-6H,1H3,(H,14,15,16). The molecule has 1 N–H and O–H groups in total. The summed E-state index contributed by atoms with van der Waals surface area (Å²) in [6.45, 7) is 1.70. The van der Waals surface area contributed by atoms with Gasteiger partial charge in [0, 0.05) is 9.26 Å². The summed E-state index contributed by atoms with van der Waals surface area (Å²) in [5.74, 6) is -0.0384. The zero-order valence-corrected chi connectivity index (χ0v) is 13.5. The van der Waals surface area contributed by atoms with Crippen LogP contribution in [-0.2, 0) is 10.0 Å². The lowest BCUT2D eigenvalue weighted by Crippen LogP contribution is -2.15. The quantitative estimate of drug-likeness (QED) is 0.625. The molecule has 0 bridgehead atoms. The highest BCUT2D eigenvalue weighted by atomic mass is 127. The highest BCUT2D eigenvalue weighted by molar-refractivity contribution is 14.1. The fourth-order valence-electron chi connectivity index (χ4n) is 1.37. The Morgan fingerprint density at radius 1 is 1.21 bits per heavy atom. The maximum absolute atomic E-state index is 12.1. The summed E-state index contributed by atoms with van der Waals surface area (Å²) < 4.78 is 27.4. The molecule has 0 saturated heterocycles. The molecule has 0 fully saturated rings. The van der Waals surface area contributed by atoms with E-state index in [1.165, 1.54) is 12.1 Å². The van der Waals surface area contributed by atoms with Crippen LogP contribution < -0.4 is 4.72 Å². The van der Waals surface area contributed by atoms with Crippen LogP contribution in [0.25, 0.3) is 0 Å². The molecule has 0 radical (unpaired) electrons. The molecule has 0 atom stereocenters. The summed E-state index contributed by atoms with van der Waals surface area (Å²) in [5.41, 5.74) is 0.584. The highest BCUT2D eigenvalue weighted by Crippen LogP contribution is 2.16. The second-order valence-corrected chi connectivity index (χ2v) is 7.03. The van der Waals surface area contributed by atoms with Gasteiger partial charge in [-0.1, -0.05) is 11.6 Å². The Labute approximate surface area is 129 Å². The molecule has 0 amide bonds. The third-order valence-corrected chi connectivity index (χ3v) is 4.43. The number of rotatable bonds is 3. The van der Waals surface area contributed by atoms with E-state index in [4.69, 9.17) is 11.6 Å². The second kappa shape index (κ2) is 5.59. The first kappa shape index (κ1) is 14.5. The molecule has 0 aliphatic heterocycles. The molecule has 8 heteroatoms. The summed E-state index contributed by atoms with van der Waals surface area (Å²) in [7, 11) is -3.70. The lowest BCUT2D eigenvalue weighted by Gasteiger charge is -2.07. The molecule has 1 aromatic heterocycles. The summed E-state index contributed by atoms with van der Waals surface area (Å²) in [6.07, 6.45) is 0. The van der Waals surface area contributed by atoms with Crippen LogP contribution in [0.4, 0.5) is 5.95 Å². The smallest absolute Gasteiger partial charge is 0.247 e. The summed E-state index contributed by atoms with van der Waals surface area (Å²) in [6, 6.07) is 7.99. The first-order chi connectivity index (χ1) is 8.87. The van der Waals surface area contributed by atoms with E-state index < -0.39 is 10.0 Å². The predicted octanol–water partition coefficient (Wildman–Crippen LogP) is 2.84. The molecule has 19 heavy (non-hydrogen) atoms. The molecular weight excluding hydrogens is 401 g/mol. The minimum absolute atomic E-state index is 0.0384. The molecular formula is C11H9ClIN3O2S. The molecule has 1 heterocycles. The van der Waals surface area contributed by atoms with Crippen LogP contribution in [0.5, 0.6) is 0 Å². The monoisotopic (exact) mass is 409 g/mol. The number of halogens is 2. The number of aromatic nitrogens is 2. The van der Waals surface area contributed by atoms with Gasteiger partial charge >= 0.3 is 0 Å². The normalized spacial score (nSPS) is 11.3. The van der Waals surface area contributed by atoms with Gasteiger partial charge in [-0.25, -0.2) is 23.1 Å². The van der Waals surface area contributed by atoms with Gasteiger partial charge in [-0.3, -0.25) is 0 Å². The second-order valence-electron chi connectivity index (χ2n) is 3.72. The predicted molar refractivity (Wildman–Crippen MR) is 81.7 cm³/mol. The van der Waals surface area contributed by atoms with Gasteiger partial charge in [-0.05, 0) is 59.8 Å². The minimum atomic E-state index is -3.70. The van der Waals surface area contributed by atoms with Gasteiger partial charge in [0.1, 0.15) is 5.15 Å². The maximum Gasteiger partial charge on any atom is 0.264 e. The van der Waals surface area contributed by atoms with Gasteiger partial charge in [0.2, 0.25) is 5.95 Å². The van der Waals surface area contributed by atoms with Crippen LogP contribution in [0.3, 0.4) is 0 Å². The first-order valence-corrected chi connectivity index (χ1v) is 8.10. The van der Waals surface area contributed by atoms with Crippen LogP contribution in [0.15, 0.2) is 35.2 Å². The molecule has 0 aliphatic carbocycles. The zero-order valence-electron chi connectivity index (χ0n) is 9.76. The molecule has 1 aromatic carbocycles. The molecule has 0 aliphatic rings. The van der Waals surface area contributed by atoms with Gasteiger partial charge in [0.05, 0.1) is 4.90 Å². The average molecular weight is 410 g/mol. The Morgan fingerprint density at radius 3 is 2.42 bits per heavy atom. The van der Waals surface area contributed by atoms with Crippen LogP contribution in [-0.4, -0.2) is 18.4 Å². The molecule has 100 valence electrons. The van der Waals surface area contributed by atoms with Crippen molar-refractivity contribution in [2.24, 2.45) is 0 Å². The van der Waals surface area contributed by atoms with Crippen molar-refractivity contribution in [2.75, 3.05) is 4.72 Å². The van der Waals surface area contributed by atoms with Crippen molar-refractivity contribution < 1.29 is 8.42 Å². The van der Waals surface area contributed by atoms with Crippen LogP contribution in [0, 0.1) is 10.5 Å². The number of aryl methyl sites for hydroxylation is 1. The van der Waals surface area contributed by atoms with Crippen molar-refractivity contribution in [1.29, 1.82) is 0 Å². The van der Waals surface area contributed by atoms with Crippen molar-refractivity contribution in [3.8, 4) is 0 Å². The summed E-state index contributed by atoms with van der Waals surface area (Å²) in [5, 5.41) is 0.188. The third-order valence-electron chi connectivity index (χ3n) is 2.17. The lowest BCUT2D eigenvalue weighted by atomic mass is 10.4. The molecule has 0 saturated carbocycles. The van der Waals surface area contributed by atoms with E-state index in [1.807, 2.05) is 0 Å². The average Bonchev–Trinajstić information content (AvgIpc) is 2.27. The fourth-order valence-corrected chi connectivity index (χ4v) is 2.91. The Morgan fingerprint density at radius 2 is 1.84 bits per heavy atom. The topological polar surface area (TPSA) is 72.0 Å². The summed E-state index contributed by atoms with van der Waals surface area (Å²) >= 11 is 7.86. The number of nitrogens with zero attached hydrogens (tertiary/aromatic N) is 2. The van der Waals surface area contributed by atoms with Gasteiger partial charge in [0.25, 0.3) is 10.0 Å². The first-order valence-electron chi connectivity index (χ1n) is 5.16. The molecule has 2 rings (SSSR count). The van der Waals surface area contributed by atoms with Crippen molar-refractivity contribution >= 4 is 50.2 Å². The minimum Gasteiger partial charge on any atom is -0.247 e. The Balaban J connectivity index is 2.33. The molecule has 5 nitrogen and oxygen atoms in total. The lowest BCUT2D eigenvalue weighted by molar-refractivity contribution is 0.601. The summed E-state index contributed by atoms with van der Waals surface area (Å²) in [4.78, 5) is 7.95. The van der Waals surface area contributed by atoms with E-state index in [0.29, 0.717) is 5.69 Å². The van der Waals surface area contributed by atoms with Gasteiger partial charge < -0.3 is 0 Å². The van der Waals surface area contributed by atoms with Crippen molar-refractivity contribution in [1.82, 2.24) is 9.97 Å². The Hall–Kier alpha value is -0.930. The van der Waals surface area contributed by atoms with Gasteiger partial charge in [0.15, 0.2) is 0 Å². The number of hydrogen-bond donors (Lipinski definition) is 1. The zero-order chi connectivity index (χ0) is 14.0. The van der Waals surface area contributed by atoms with Gasteiger partial charge in [-0.15, -0.1) is 0 Å². The van der Waals surface area contributed by atoms with E-state index in [-0.39, 0.29) is 16.0 Å². The molecule has 0 spiro atoms. The van der Waals surface area contributed by atoms with E-state index in [2.05, 4.69) is 37.3 Å². The van der Waals surface area contributed by atoms with E-state index in [1.54, 1.807) is 25.1 Å². The Bertz CT molecular complexity index is 684. The number of nitrogens with one attached hydrogen (secondary N) is 1. The number of anilines is 1. The SMILES string of the molecule is Cc1cc(Cl)nc(NS(=O)(=O)c2ccc(I)cc2)n1. The van der Waals surface area contributed by atoms with Crippen LogP contribution in [0.1, 0.15) is 5.69 Å². The van der Waals surface area contributed by atoms with E-state index in [0.717, 1.165) is 3.57 Å². The van der Waals surface area contributed by atoms with E-state index >= 15 is 0 Å². The fraction of sp³-hybridized carbons (Fsp3) is 0.0909. The maximum atomic E-state index is 12.1. The molecule has 2 aromatic rings. The number of sulfonamides is 1. The number of benzene rings is 1. The number of hydrogen-bond acceptors (Lipinski definition) is 4. The van der Waals surface area contributed by atoms with Crippen LogP contribution in [0.2, 0.25) is 5.15 Å².